The van der Waals surface area contributed by atoms with Crippen molar-refractivity contribution in [1.29, 1.82) is 0 Å². The zero-order valence-corrected chi connectivity index (χ0v) is 16.8. The van der Waals surface area contributed by atoms with E-state index in [-0.39, 0.29) is 0 Å². The van der Waals surface area contributed by atoms with Gasteiger partial charge in [-0.15, -0.1) is 10.2 Å². The number of pyridine rings is 1. The topological polar surface area (TPSA) is 64.3 Å². The number of hydrogen-bond donors (Lipinski definition) is 1. The van der Waals surface area contributed by atoms with Gasteiger partial charge in [-0.3, -0.25) is 0 Å². The third kappa shape index (κ3) is 4.35. The fourth-order valence-corrected chi connectivity index (χ4v) is 4.32. The average molecular weight is 418 g/mol. The normalized spacial score (nSPS) is 11.0. The molecule has 27 heavy (non-hydrogen) atoms. The minimum absolute atomic E-state index is 0.611. The molecule has 6 nitrogen and oxygen atoms in total. The Morgan fingerprint density at radius 2 is 2.07 bits per heavy atom. The van der Waals surface area contributed by atoms with E-state index in [0.29, 0.717) is 17.4 Å². The molecule has 1 aromatic carbocycles. The Bertz CT molecular complexity index is 1060. The van der Waals surface area contributed by atoms with Gasteiger partial charge in [0.2, 0.25) is 5.13 Å². The lowest BCUT2D eigenvalue weighted by Gasteiger charge is -2.09. The molecule has 0 atom stereocenters. The van der Waals surface area contributed by atoms with Crippen molar-refractivity contribution in [2.75, 3.05) is 11.9 Å². The van der Waals surface area contributed by atoms with Crippen LogP contribution in [0.1, 0.15) is 12.6 Å². The predicted molar refractivity (Wildman–Crippen MR) is 111 cm³/mol. The zero-order chi connectivity index (χ0) is 18.6. The minimum atomic E-state index is 0.611. The van der Waals surface area contributed by atoms with E-state index in [1.807, 2.05) is 60.1 Å². The standard InChI is InChI=1S/C18H16ClN5OS2/c1-2-25-15-6-4-3-5-14(15)21-17-22-23-18(27-17)26-11-13-10-24-9-12(19)7-8-16(24)20-13/h3-10H,2,11H2,1H3,(H,21,22). The van der Waals surface area contributed by atoms with Gasteiger partial charge in [-0.05, 0) is 31.2 Å². The molecule has 0 aliphatic rings. The van der Waals surface area contributed by atoms with Crippen LogP contribution in [0, 0.1) is 0 Å². The highest BCUT2D eigenvalue weighted by Crippen LogP contribution is 2.32. The summed E-state index contributed by atoms with van der Waals surface area (Å²) in [6.45, 7) is 2.57. The molecule has 0 aliphatic carbocycles. The molecule has 0 saturated carbocycles. The highest BCUT2D eigenvalue weighted by atomic mass is 35.5. The second-order valence-electron chi connectivity index (χ2n) is 5.56. The highest BCUT2D eigenvalue weighted by Gasteiger charge is 2.10. The number of nitrogens with one attached hydrogen (secondary N) is 1. The fraction of sp³-hybridized carbons (Fsp3) is 0.167. The smallest absolute Gasteiger partial charge is 0.210 e. The molecule has 3 aromatic heterocycles. The van der Waals surface area contributed by atoms with Gasteiger partial charge in [-0.2, -0.15) is 0 Å². The van der Waals surface area contributed by atoms with Crippen molar-refractivity contribution < 1.29 is 4.74 Å². The number of thioether (sulfide) groups is 1. The maximum Gasteiger partial charge on any atom is 0.210 e. The number of benzene rings is 1. The highest BCUT2D eigenvalue weighted by molar-refractivity contribution is 8.00. The Morgan fingerprint density at radius 3 is 2.96 bits per heavy atom. The van der Waals surface area contributed by atoms with Crippen molar-refractivity contribution in [2.45, 2.75) is 17.0 Å². The Labute approximate surface area is 169 Å². The SMILES string of the molecule is CCOc1ccccc1Nc1nnc(SCc2cn3cc(Cl)ccc3n2)s1. The Morgan fingerprint density at radius 1 is 1.19 bits per heavy atom. The van der Waals surface area contributed by atoms with Gasteiger partial charge in [0, 0.05) is 18.1 Å². The number of nitrogens with zero attached hydrogens (tertiary/aromatic N) is 4. The Balaban J connectivity index is 1.42. The summed E-state index contributed by atoms with van der Waals surface area (Å²) in [5.41, 5.74) is 2.72. The number of ether oxygens (including phenoxy) is 1. The molecule has 1 N–H and O–H groups in total. The molecule has 0 unspecified atom stereocenters. The number of anilines is 2. The van der Waals surface area contributed by atoms with E-state index in [0.717, 1.165) is 32.2 Å². The molecular weight excluding hydrogens is 402 g/mol. The Hall–Kier alpha value is -2.29. The fourth-order valence-electron chi connectivity index (χ4n) is 2.51. The van der Waals surface area contributed by atoms with Crippen LogP contribution in [0.25, 0.3) is 5.65 Å². The van der Waals surface area contributed by atoms with Gasteiger partial charge in [-0.25, -0.2) is 4.98 Å². The third-order valence-electron chi connectivity index (χ3n) is 3.64. The monoisotopic (exact) mass is 417 g/mol. The van der Waals surface area contributed by atoms with Crippen LogP contribution in [0.2, 0.25) is 5.02 Å². The lowest BCUT2D eigenvalue weighted by Crippen LogP contribution is -1.97. The number of fused-ring (bicyclic) bond motifs is 1. The first-order valence-electron chi connectivity index (χ1n) is 8.29. The molecule has 4 aromatic rings. The van der Waals surface area contributed by atoms with Crippen LogP contribution in [0.4, 0.5) is 10.8 Å². The van der Waals surface area contributed by atoms with Crippen molar-refractivity contribution in [2.24, 2.45) is 0 Å². The number of para-hydroxylation sites is 2. The van der Waals surface area contributed by atoms with Gasteiger partial charge in [0.25, 0.3) is 0 Å². The zero-order valence-electron chi connectivity index (χ0n) is 14.4. The molecule has 0 amide bonds. The molecular formula is C18H16ClN5OS2. The number of imidazole rings is 1. The van der Waals surface area contributed by atoms with Crippen LogP contribution < -0.4 is 10.1 Å². The molecule has 0 fully saturated rings. The van der Waals surface area contributed by atoms with Crippen molar-refractivity contribution >= 4 is 51.2 Å². The quantitative estimate of drug-likeness (QED) is 0.413. The molecule has 0 spiro atoms. The van der Waals surface area contributed by atoms with E-state index in [1.165, 1.54) is 11.3 Å². The lowest BCUT2D eigenvalue weighted by atomic mass is 10.3. The van der Waals surface area contributed by atoms with Crippen molar-refractivity contribution in [3.05, 3.63) is 59.5 Å². The summed E-state index contributed by atoms with van der Waals surface area (Å²) in [6, 6.07) is 11.5. The second-order valence-corrected chi connectivity index (χ2v) is 8.20. The first-order chi connectivity index (χ1) is 13.2. The first kappa shape index (κ1) is 18.1. The largest absolute Gasteiger partial charge is 0.492 e. The van der Waals surface area contributed by atoms with Crippen LogP contribution in [0.3, 0.4) is 0 Å². The summed E-state index contributed by atoms with van der Waals surface area (Å²) in [6.07, 6.45) is 3.83. The maximum atomic E-state index is 6.01. The van der Waals surface area contributed by atoms with Gasteiger partial charge in [-0.1, -0.05) is 46.8 Å². The van der Waals surface area contributed by atoms with Gasteiger partial charge in [0.15, 0.2) is 4.34 Å². The second kappa shape index (κ2) is 8.16. The molecule has 0 radical (unpaired) electrons. The van der Waals surface area contributed by atoms with E-state index >= 15 is 0 Å². The van der Waals surface area contributed by atoms with Crippen LogP contribution in [0.5, 0.6) is 5.75 Å². The number of aromatic nitrogens is 4. The summed E-state index contributed by atoms with van der Waals surface area (Å²) >= 11 is 9.12. The first-order valence-corrected chi connectivity index (χ1v) is 10.5. The number of halogens is 1. The minimum Gasteiger partial charge on any atom is -0.492 e. The van der Waals surface area contributed by atoms with Crippen molar-refractivity contribution in [3.63, 3.8) is 0 Å². The van der Waals surface area contributed by atoms with Crippen LogP contribution in [-0.4, -0.2) is 26.2 Å². The van der Waals surface area contributed by atoms with E-state index in [1.54, 1.807) is 11.8 Å². The van der Waals surface area contributed by atoms with Gasteiger partial charge < -0.3 is 14.5 Å². The Kier molecular flexibility index (Phi) is 5.47. The van der Waals surface area contributed by atoms with E-state index in [9.17, 15) is 0 Å². The molecule has 4 rings (SSSR count). The molecule has 0 bridgehead atoms. The van der Waals surface area contributed by atoms with Gasteiger partial charge in [0.1, 0.15) is 11.4 Å². The van der Waals surface area contributed by atoms with Crippen molar-refractivity contribution in [3.8, 4) is 5.75 Å². The molecule has 3 heterocycles. The van der Waals surface area contributed by atoms with Gasteiger partial charge in [0.05, 0.1) is 23.0 Å². The summed E-state index contributed by atoms with van der Waals surface area (Å²) in [7, 11) is 0. The van der Waals surface area contributed by atoms with Crippen LogP contribution >= 0.6 is 34.7 Å². The third-order valence-corrected chi connectivity index (χ3v) is 5.87. The molecule has 0 saturated heterocycles. The van der Waals surface area contributed by atoms with E-state index in [2.05, 4.69) is 20.5 Å². The average Bonchev–Trinajstić information content (AvgIpc) is 3.28. The van der Waals surface area contributed by atoms with Gasteiger partial charge >= 0.3 is 0 Å². The molecule has 9 heteroatoms. The van der Waals surface area contributed by atoms with Crippen LogP contribution in [0.15, 0.2) is 53.1 Å². The summed E-state index contributed by atoms with van der Waals surface area (Å²) in [5.74, 6) is 1.51. The molecule has 0 aliphatic heterocycles. The van der Waals surface area contributed by atoms with Crippen molar-refractivity contribution in [1.82, 2.24) is 19.6 Å². The number of rotatable bonds is 7. The lowest BCUT2D eigenvalue weighted by molar-refractivity contribution is 0.342. The maximum absolute atomic E-state index is 6.01. The van der Waals surface area contributed by atoms with E-state index < -0.39 is 0 Å². The number of hydrogen-bond acceptors (Lipinski definition) is 7. The predicted octanol–water partition coefficient (Wildman–Crippen LogP) is 5.27. The summed E-state index contributed by atoms with van der Waals surface area (Å²) < 4.78 is 8.43. The summed E-state index contributed by atoms with van der Waals surface area (Å²) in [4.78, 5) is 4.58. The summed E-state index contributed by atoms with van der Waals surface area (Å²) in [5, 5.41) is 13.2. The molecule has 138 valence electrons. The van der Waals surface area contributed by atoms with E-state index in [4.69, 9.17) is 16.3 Å². The van der Waals surface area contributed by atoms with Crippen LogP contribution in [-0.2, 0) is 5.75 Å².